The van der Waals surface area contributed by atoms with E-state index in [1.54, 1.807) is 43.5 Å². The molecule has 0 aliphatic heterocycles. The first-order valence-electron chi connectivity index (χ1n) is 9.80. The van der Waals surface area contributed by atoms with E-state index in [1.165, 1.54) is 6.07 Å². The molecule has 0 aliphatic carbocycles. The van der Waals surface area contributed by atoms with Crippen LogP contribution in [0, 0.1) is 24.1 Å². The SMILES string of the molecule is Cc1ccc(-c2ccc(C=NNc3nc(-c4ccccc4)c(C#N)c(=O)[nH]3)cc2)cc1F. The molecule has 0 spiro atoms. The van der Waals surface area contributed by atoms with E-state index in [2.05, 4.69) is 20.5 Å². The average molecular weight is 423 g/mol. The molecule has 0 atom stereocenters. The highest BCUT2D eigenvalue weighted by molar-refractivity contribution is 5.81. The summed E-state index contributed by atoms with van der Waals surface area (Å²) < 4.78 is 13.8. The lowest BCUT2D eigenvalue weighted by Crippen LogP contribution is -2.16. The summed E-state index contributed by atoms with van der Waals surface area (Å²) in [4.78, 5) is 19.1. The normalized spacial score (nSPS) is 10.8. The van der Waals surface area contributed by atoms with Crippen molar-refractivity contribution in [2.24, 2.45) is 5.10 Å². The molecule has 0 unspecified atom stereocenters. The number of anilines is 1. The maximum atomic E-state index is 13.8. The van der Waals surface area contributed by atoms with Gasteiger partial charge >= 0.3 is 0 Å². The molecule has 0 amide bonds. The summed E-state index contributed by atoms with van der Waals surface area (Å²) in [7, 11) is 0. The van der Waals surface area contributed by atoms with Crippen LogP contribution in [0.1, 0.15) is 16.7 Å². The van der Waals surface area contributed by atoms with Crippen LogP contribution in [0.25, 0.3) is 22.4 Å². The molecule has 6 nitrogen and oxygen atoms in total. The predicted molar refractivity (Wildman–Crippen MR) is 123 cm³/mol. The molecule has 156 valence electrons. The molecule has 4 rings (SSSR count). The highest BCUT2D eigenvalue weighted by Gasteiger charge is 2.12. The number of nitrogens with one attached hydrogen (secondary N) is 2. The summed E-state index contributed by atoms with van der Waals surface area (Å²) in [6.45, 7) is 1.73. The van der Waals surface area contributed by atoms with Crippen molar-refractivity contribution in [1.82, 2.24) is 9.97 Å². The van der Waals surface area contributed by atoms with Gasteiger partial charge in [-0.3, -0.25) is 9.78 Å². The van der Waals surface area contributed by atoms with Crippen LogP contribution in [-0.2, 0) is 0 Å². The number of aromatic amines is 1. The van der Waals surface area contributed by atoms with Gasteiger partial charge in [-0.1, -0.05) is 66.7 Å². The zero-order chi connectivity index (χ0) is 22.5. The van der Waals surface area contributed by atoms with Crippen LogP contribution in [0.2, 0.25) is 0 Å². The highest BCUT2D eigenvalue weighted by atomic mass is 19.1. The van der Waals surface area contributed by atoms with E-state index >= 15 is 0 Å². The van der Waals surface area contributed by atoms with E-state index in [1.807, 2.05) is 42.5 Å². The molecule has 2 N–H and O–H groups in total. The first-order valence-corrected chi connectivity index (χ1v) is 9.80. The van der Waals surface area contributed by atoms with Crippen molar-refractivity contribution in [3.8, 4) is 28.5 Å². The molecule has 0 aliphatic rings. The van der Waals surface area contributed by atoms with Crippen molar-refractivity contribution >= 4 is 12.2 Å². The summed E-state index contributed by atoms with van der Waals surface area (Å²) in [6.07, 6.45) is 1.57. The van der Waals surface area contributed by atoms with Gasteiger partial charge < -0.3 is 0 Å². The molecule has 0 bridgehead atoms. The van der Waals surface area contributed by atoms with Gasteiger partial charge in [-0.15, -0.1) is 0 Å². The van der Waals surface area contributed by atoms with E-state index in [0.717, 1.165) is 16.7 Å². The lowest BCUT2D eigenvalue weighted by molar-refractivity contribution is 0.619. The van der Waals surface area contributed by atoms with E-state index < -0.39 is 5.56 Å². The zero-order valence-electron chi connectivity index (χ0n) is 17.1. The Kier molecular flexibility index (Phi) is 5.86. The second kappa shape index (κ2) is 9.06. The number of rotatable bonds is 5. The number of aromatic nitrogens is 2. The van der Waals surface area contributed by atoms with Crippen molar-refractivity contribution < 1.29 is 4.39 Å². The fraction of sp³-hybridized carbons (Fsp3) is 0.0400. The van der Waals surface area contributed by atoms with Gasteiger partial charge in [-0.05, 0) is 35.2 Å². The molecule has 1 aromatic heterocycles. The topological polar surface area (TPSA) is 93.9 Å². The Balaban J connectivity index is 1.53. The Bertz CT molecular complexity index is 1390. The van der Waals surface area contributed by atoms with Crippen LogP contribution >= 0.6 is 0 Å². The average Bonchev–Trinajstić information content (AvgIpc) is 2.81. The number of hydrogen-bond donors (Lipinski definition) is 2. The number of hydrazone groups is 1. The number of aryl methyl sites for hydroxylation is 1. The van der Waals surface area contributed by atoms with Crippen LogP contribution in [-0.4, -0.2) is 16.2 Å². The first-order chi connectivity index (χ1) is 15.5. The monoisotopic (exact) mass is 423 g/mol. The number of H-pyrrole nitrogens is 1. The highest BCUT2D eigenvalue weighted by Crippen LogP contribution is 2.22. The molecule has 0 fully saturated rings. The maximum Gasteiger partial charge on any atom is 0.270 e. The summed E-state index contributed by atoms with van der Waals surface area (Å²) >= 11 is 0. The lowest BCUT2D eigenvalue weighted by Gasteiger charge is -2.06. The fourth-order valence-corrected chi connectivity index (χ4v) is 3.14. The summed E-state index contributed by atoms with van der Waals surface area (Å²) in [6, 6.07) is 23.5. The zero-order valence-corrected chi connectivity index (χ0v) is 17.1. The Morgan fingerprint density at radius 2 is 1.75 bits per heavy atom. The lowest BCUT2D eigenvalue weighted by atomic mass is 10.0. The molecule has 1 heterocycles. The third kappa shape index (κ3) is 4.45. The van der Waals surface area contributed by atoms with Crippen LogP contribution in [0.4, 0.5) is 10.3 Å². The minimum Gasteiger partial charge on any atom is -0.290 e. The van der Waals surface area contributed by atoms with Gasteiger partial charge in [0, 0.05) is 5.56 Å². The van der Waals surface area contributed by atoms with Crippen molar-refractivity contribution in [3.05, 3.63) is 106 Å². The molecule has 7 heteroatoms. The molecule has 4 aromatic rings. The van der Waals surface area contributed by atoms with Crippen LogP contribution < -0.4 is 11.0 Å². The van der Waals surface area contributed by atoms with Crippen LogP contribution in [0.15, 0.2) is 82.7 Å². The third-order valence-electron chi connectivity index (χ3n) is 4.88. The predicted octanol–water partition coefficient (Wildman–Crippen LogP) is 4.87. The van der Waals surface area contributed by atoms with Crippen molar-refractivity contribution in [1.29, 1.82) is 5.26 Å². The van der Waals surface area contributed by atoms with Crippen molar-refractivity contribution in [2.75, 3.05) is 5.43 Å². The molecule has 32 heavy (non-hydrogen) atoms. The molecular formula is C25H18FN5O. The third-order valence-corrected chi connectivity index (χ3v) is 4.88. The molecule has 0 saturated carbocycles. The minimum atomic E-state index is -0.547. The van der Waals surface area contributed by atoms with Gasteiger partial charge in [0.15, 0.2) is 0 Å². The Morgan fingerprint density at radius 1 is 1.03 bits per heavy atom. The second-order valence-electron chi connectivity index (χ2n) is 7.07. The molecule has 0 saturated heterocycles. The number of hydrogen-bond acceptors (Lipinski definition) is 5. The Hall–Kier alpha value is -4.57. The van der Waals surface area contributed by atoms with Crippen LogP contribution in [0.3, 0.4) is 0 Å². The van der Waals surface area contributed by atoms with E-state index in [-0.39, 0.29) is 23.0 Å². The van der Waals surface area contributed by atoms with E-state index in [9.17, 15) is 14.4 Å². The van der Waals surface area contributed by atoms with Gasteiger partial charge in [0.2, 0.25) is 5.95 Å². The minimum absolute atomic E-state index is 0.0612. The largest absolute Gasteiger partial charge is 0.290 e. The summed E-state index contributed by atoms with van der Waals surface area (Å²) in [5.41, 5.74) is 6.12. The Morgan fingerprint density at radius 3 is 2.44 bits per heavy atom. The Labute approximate surface area is 183 Å². The van der Waals surface area contributed by atoms with Gasteiger partial charge in [-0.2, -0.15) is 10.4 Å². The van der Waals surface area contributed by atoms with Gasteiger partial charge in [-0.25, -0.2) is 14.8 Å². The van der Waals surface area contributed by atoms with Gasteiger partial charge in [0.25, 0.3) is 5.56 Å². The van der Waals surface area contributed by atoms with Crippen LogP contribution in [0.5, 0.6) is 0 Å². The maximum absolute atomic E-state index is 13.8. The fourth-order valence-electron chi connectivity index (χ4n) is 3.14. The van der Waals surface area contributed by atoms with E-state index in [0.29, 0.717) is 11.1 Å². The number of benzene rings is 3. The molecule has 0 radical (unpaired) electrons. The number of nitriles is 1. The van der Waals surface area contributed by atoms with Crippen molar-refractivity contribution in [3.63, 3.8) is 0 Å². The second-order valence-corrected chi connectivity index (χ2v) is 7.07. The molecular weight excluding hydrogens is 405 g/mol. The summed E-state index contributed by atoms with van der Waals surface area (Å²) in [5.74, 6) is -0.119. The number of nitrogens with zero attached hydrogens (tertiary/aromatic N) is 3. The quantitative estimate of drug-likeness (QED) is 0.354. The van der Waals surface area contributed by atoms with Crippen molar-refractivity contribution in [2.45, 2.75) is 6.92 Å². The standard InChI is InChI=1S/C25H18FN5O/c1-16-7-10-20(13-22(16)26)18-11-8-17(9-12-18)15-28-31-25-29-23(19-5-3-2-4-6-19)21(14-27)24(32)30-25/h2-13,15H,1H3,(H2,29,30,31,32). The smallest absolute Gasteiger partial charge is 0.270 e. The van der Waals surface area contributed by atoms with Gasteiger partial charge in [0.05, 0.1) is 11.9 Å². The summed E-state index contributed by atoms with van der Waals surface area (Å²) in [5, 5.41) is 13.4. The van der Waals surface area contributed by atoms with E-state index in [4.69, 9.17) is 0 Å². The van der Waals surface area contributed by atoms with Gasteiger partial charge in [0.1, 0.15) is 17.4 Å². The molecule has 3 aromatic carbocycles. The number of halogens is 1. The first kappa shape index (κ1) is 20.7.